The van der Waals surface area contributed by atoms with Crippen molar-refractivity contribution in [2.24, 2.45) is 0 Å². The van der Waals surface area contributed by atoms with Crippen LogP contribution in [-0.2, 0) is 0 Å². The number of aliphatic hydroxyl groups excluding tert-OH is 1. The second-order valence-electron chi connectivity index (χ2n) is 6.72. The molecule has 0 aliphatic heterocycles. The second kappa shape index (κ2) is 7.18. The SMILES string of the molecule is O=C(Nc1cn([C@H]2C[C@H](O)C2)nc1-c1cnccn1)c1csc(-c2cn[nH]c2)n1. The Bertz CT molecular complexity index is 1130. The van der Waals surface area contributed by atoms with Crippen LogP contribution >= 0.6 is 11.3 Å². The second-order valence-corrected chi connectivity index (χ2v) is 7.58. The minimum Gasteiger partial charge on any atom is -0.393 e. The molecule has 0 aromatic carbocycles. The highest BCUT2D eigenvalue weighted by atomic mass is 32.1. The number of aromatic amines is 1. The fraction of sp³-hybridized carbons (Fsp3) is 0.222. The Balaban J connectivity index is 1.43. The molecule has 1 saturated carbocycles. The topological polar surface area (TPSA) is 134 Å². The number of aliphatic hydroxyl groups is 1. The smallest absolute Gasteiger partial charge is 0.275 e. The molecule has 0 atom stereocenters. The molecule has 0 spiro atoms. The molecule has 146 valence electrons. The van der Waals surface area contributed by atoms with Crippen LogP contribution in [0, 0.1) is 0 Å². The lowest BCUT2D eigenvalue weighted by atomic mass is 9.90. The highest BCUT2D eigenvalue weighted by Crippen LogP contribution is 2.35. The van der Waals surface area contributed by atoms with E-state index in [0.717, 1.165) is 5.56 Å². The molecule has 3 N–H and O–H groups in total. The lowest BCUT2D eigenvalue weighted by Crippen LogP contribution is -2.31. The highest BCUT2D eigenvalue weighted by Gasteiger charge is 2.31. The van der Waals surface area contributed by atoms with Gasteiger partial charge in [-0.1, -0.05) is 0 Å². The van der Waals surface area contributed by atoms with E-state index in [2.05, 4.69) is 35.6 Å². The van der Waals surface area contributed by atoms with Crippen LogP contribution in [0.2, 0.25) is 0 Å². The standard InChI is InChI=1S/C18H16N8O2S/c27-12-3-11(4-12)26-8-14(16(25-26)13-7-19-1-2-20-13)23-17(28)15-9-29-18(24-15)10-5-21-22-6-10/h1-2,5-9,11-12,27H,3-4H2,(H,21,22)(H,23,28)/t11-,12-. The largest absolute Gasteiger partial charge is 0.393 e. The number of nitrogens with one attached hydrogen (secondary N) is 2. The lowest BCUT2D eigenvalue weighted by Gasteiger charge is -2.31. The van der Waals surface area contributed by atoms with Crippen LogP contribution in [0.4, 0.5) is 5.69 Å². The van der Waals surface area contributed by atoms with Crippen molar-refractivity contribution >= 4 is 22.9 Å². The number of carbonyl (C=O) groups is 1. The minimum atomic E-state index is -0.339. The van der Waals surface area contributed by atoms with Gasteiger partial charge in [0.1, 0.15) is 22.1 Å². The number of aromatic nitrogens is 7. The number of carbonyl (C=O) groups excluding carboxylic acids is 1. The minimum absolute atomic E-state index is 0.0954. The number of amides is 1. The summed E-state index contributed by atoms with van der Waals surface area (Å²) in [5.74, 6) is -0.339. The average Bonchev–Trinajstić information content (AvgIpc) is 3.45. The summed E-state index contributed by atoms with van der Waals surface area (Å²) in [6.45, 7) is 0. The molecule has 5 rings (SSSR count). The van der Waals surface area contributed by atoms with Crippen LogP contribution in [0.25, 0.3) is 22.0 Å². The fourth-order valence-corrected chi connectivity index (χ4v) is 3.90. The molecule has 11 heteroatoms. The number of nitrogens with zero attached hydrogens (tertiary/aromatic N) is 6. The molecular weight excluding hydrogens is 392 g/mol. The molecule has 0 bridgehead atoms. The van der Waals surface area contributed by atoms with E-state index < -0.39 is 0 Å². The Hall–Kier alpha value is -3.44. The zero-order chi connectivity index (χ0) is 19.8. The number of H-pyrrole nitrogens is 1. The van der Waals surface area contributed by atoms with Gasteiger partial charge >= 0.3 is 0 Å². The van der Waals surface area contributed by atoms with E-state index in [1.54, 1.807) is 47.2 Å². The molecule has 1 aliphatic rings. The van der Waals surface area contributed by atoms with Crippen LogP contribution in [0.15, 0.2) is 42.6 Å². The molecule has 0 radical (unpaired) electrons. The van der Waals surface area contributed by atoms with E-state index >= 15 is 0 Å². The summed E-state index contributed by atoms with van der Waals surface area (Å²) in [6.07, 6.45) is 10.9. The van der Waals surface area contributed by atoms with E-state index in [1.165, 1.54) is 11.3 Å². The maximum atomic E-state index is 12.8. The van der Waals surface area contributed by atoms with Crippen LogP contribution in [0.5, 0.6) is 0 Å². The highest BCUT2D eigenvalue weighted by molar-refractivity contribution is 7.13. The van der Waals surface area contributed by atoms with Crippen molar-refractivity contribution in [3.8, 4) is 22.0 Å². The molecular formula is C18H16N8O2S. The molecule has 4 heterocycles. The Kier molecular flexibility index (Phi) is 4.37. The zero-order valence-corrected chi connectivity index (χ0v) is 15.9. The van der Waals surface area contributed by atoms with Gasteiger partial charge in [0.15, 0.2) is 0 Å². The first-order valence-electron chi connectivity index (χ1n) is 8.97. The molecule has 0 saturated heterocycles. The molecule has 1 amide bonds. The molecule has 10 nitrogen and oxygen atoms in total. The molecule has 0 unspecified atom stereocenters. The average molecular weight is 408 g/mol. The fourth-order valence-electron chi connectivity index (χ4n) is 3.12. The van der Waals surface area contributed by atoms with Gasteiger partial charge in [-0.2, -0.15) is 10.2 Å². The Morgan fingerprint density at radius 2 is 2.21 bits per heavy atom. The van der Waals surface area contributed by atoms with Gasteiger partial charge < -0.3 is 10.4 Å². The molecule has 4 aromatic heterocycles. The number of hydrogen-bond donors (Lipinski definition) is 3. The Morgan fingerprint density at radius 1 is 1.31 bits per heavy atom. The Morgan fingerprint density at radius 3 is 2.93 bits per heavy atom. The van der Waals surface area contributed by atoms with E-state index in [1.807, 2.05) is 0 Å². The third-order valence-electron chi connectivity index (χ3n) is 4.73. The third-order valence-corrected chi connectivity index (χ3v) is 5.62. The first kappa shape index (κ1) is 17.6. The van der Waals surface area contributed by atoms with Gasteiger partial charge in [-0.3, -0.25) is 24.5 Å². The van der Waals surface area contributed by atoms with Crippen molar-refractivity contribution in [1.29, 1.82) is 0 Å². The maximum Gasteiger partial charge on any atom is 0.275 e. The van der Waals surface area contributed by atoms with E-state index in [0.29, 0.717) is 40.6 Å². The third kappa shape index (κ3) is 3.41. The number of rotatable bonds is 5. The van der Waals surface area contributed by atoms with E-state index in [9.17, 15) is 9.90 Å². The van der Waals surface area contributed by atoms with Gasteiger partial charge in [-0.05, 0) is 12.8 Å². The predicted molar refractivity (Wildman–Crippen MR) is 105 cm³/mol. The lowest BCUT2D eigenvalue weighted by molar-refractivity contribution is 0.0435. The van der Waals surface area contributed by atoms with Crippen molar-refractivity contribution in [1.82, 2.24) is 34.9 Å². The number of hydrogen-bond acceptors (Lipinski definition) is 8. The van der Waals surface area contributed by atoms with E-state index in [4.69, 9.17) is 0 Å². The molecule has 29 heavy (non-hydrogen) atoms. The first-order chi connectivity index (χ1) is 14.2. The maximum absolute atomic E-state index is 12.8. The van der Waals surface area contributed by atoms with Gasteiger partial charge in [0.2, 0.25) is 0 Å². The van der Waals surface area contributed by atoms with Crippen molar-refractivity contribution in [3.05, 3.63) is 48.3 Å². The zero-order valence-electron chi connectivity index (χ0n) is 15.1. The Labute approximate surface area is 168 Å². The van der Waals surface area contributed by atoms with Gasteiger partial charge in [-0.15, -0.1) is 11.3 Å². The normalized spacial score (nSPS) is 18.4. The van der Waals surface area contributed by atoms with Crippen LogP contribution in [0.3, 0.4) is 0 Å². The summed E-state index contributed by atoms with van der Waals surface area (Å²) >= 11 is 1.37. The van der Waals surface area contributed by atoms with Crippen molar-refractivity contribution in [3.63, 3.8) is 0 Å². The van der Waals surface area contributed by atoms with Gasteiger partial charge in [0, 0.05) is 35.7 Å². The summed E-state index contributed by atoms with van der Waals surface area (Å²) in [5.41, 5.74) is 2.74. The van der Waals surface area contributed by atoms with Gasteiger partial charge in [0.25, 0.3) is 5.91 Å². The summed E-state index contributed by atoms with van der Waals surface area (Å²) in [6, 6.07) is 0.0954. The van der Waals surface area contributed by atoms with Crippen molar-refractivity contribution < 1.29 is 9.90 Å². The molecule has 1 fully saturated rings. The van der Waals surface area contributed by atoms with Crippen LogP contribution in [-0.4, -0.2) is 52.0 Å². The molecule has 1 aliphatic carbocycles. The van der Waals surface area contributed by atoms with Crippen LogP contribution in [0.1, 0.15) is 29.4 Å². The molecule has 4 aromatic rings. The summed E-state index contributed by atoms with van der Waals surface area (Å²) < 4.78 is 1.77. The number of thiazole rings is 1. The summed E-state index contributed by atoms with van der Waals surface area (Å²) in [5, 5.41) is 26.1. The monoisotopic (exact) mass is 408 g/mol. The van der Waals surface area contributed by atoms with Crippen molar-refractivity contribution in [2.45, 2.75) is 25.0 Å². The predicted octanol–water partition coefficient (Wildman–Crippen LogP) is 2.13. The first-order valence-corrected chi connectivity index (χ1v) is 9.85. The van der Waals surface area contributed by atoms with E-state index in [-0.39, 0.29) is 18.1 Å². The van der Waals surface area contributed by atoms with Gasteiger partial charge in [-0.25, -0.2) is 4.98 Å². The van der Waals surface area contributed by atoms with Crippen molar-refractivity contribution in [2.75, 3.05) is 5.32 Å². The summed E-state index contributed by atoms with van der Waals surface area (Å²) in [7, 11) is 0. The quantitative estimate of drug-likeness (QED) is 0.460. The number of anilines is 1. The van der Waals surface area contributed by atoms with Crippen LogP contribution < -0.4 is 5.32 Å². The summed E-state index contributed by atoms with van der Waals surface area (Å²) in [4.78, 5) is 25.6. The van der Waals surface area contributed by atoms with Gasteiger partial charge in [0.05, 0.1) is 30.2 Å².